The van der Waals surface area contributed by atoms with Crippen LogP contribution in [0.25, 0.3) is 28.6 Å². The molecule has 0 aliphatic rings. The first-order valence-electron chi connectivity index (χ1n) is 13.2. The van der Waals surface area contributed by atoms with Gasteiger partial charge in [-0.15, -0.1) is 6.58 Å². The van der Waals surface area contributed by atoms with Crippen molar-refractivity contribution in [3.8, 4) is 5.69 Å². The standard InChI is InChI=1S/C31H32N8O2/c1-5-16-33-29-27(28(32)36-38(29)4)30(40)35-20(2)25-17-23-11-9-10-22(15-14-21-18-34-37(3)19-21)26(23)31(41)39(25)24-12-7-6-8-13-24/h5-15,17-20,33H,1,16H2,2-4H3,(H2,32,36)(H,35,40)/b15-14+. The molecule has 3 aromatic heterocycles. The highest BCUT2D eigenvalue weighted by Gasteiger charge is 2.25. The number of rotatable bonds is 9. The number of carbonyl (C=O) groups is 1. The van der Waals surface area contributed by atoms with Crippen molar-refractivity contribution in [2.24, 2.45) is 14.1 Å². The maximum Gasteiger partial charge on any atom is 0.263 e. The molecule has 4 N–H and O–H groups in total. The Balaban J connectivity index is 1.60. The quantitative estimate of drug-likeness (QED) is 0.236. The summed E-state index contributed by atoms with van der Waals surface area (Å²) in [4.78, 5) is 27.7. The fourth-order valence-electron chi connectivity index (χ4n) is 4.91. The Hall–Kier alpha value is -5.38. The normalized spacial score (nSPS) is 12.1. The van der Waals surface area contributed by atoms with E-state index in [1.165, 1.54) is 4.68 Å². The van der Waals surface area contributed by atoms with Gasteiger partial charge in [0.2, 0.25) is 0 Å². The Morgan fingerprint density at radius 3 is 2.61 bits per heavy atom. The summed E-state index contributed by atoms with van der Waals surface area (Å²) in [6.45, 7) is 5.99. The van der Waals surface area contributed by atoms with Crippen molar-refractivity contribution in [3.05, 3.63) is 112 Å². The van der Waals surface area contributed by atoms with Gasteiger partial charge in [0.25, 0.3) is 11.5 Å². The van der Waals surface area contributed by atoms with Crippen LogP contribution >= 0.6 is 0 Å². The average molecular weight is 549 g/mol. The van der Waals surface area contributed by atoms with Gasteiger partial charge in [-0.1, -0.05) is 54.6 Å². The number of nitrogens with two attached hydrogens (primary N) is 1. The first-order chi connectivity index (χ1) is 19.8. The van der Waals surface area contributed by atoms with Gasteiger partial charge in [-0.05, 0) is 36.1 Å². The highest BCUT2D eigenvalue weighted by atomic mass is 16.2. The van der Waals surface area contributed by atoms with Crippen LogP contribution in [0, 0.1) is 0 Å². The number of carbonyl (C=O) groups excluding carboxylic acids is 1. The van der Waals surface area contributed by atoms with Crippen LogP contribution in [0.3, 0.4) is 0 Å². The molecule has 1 amide bonds. The predicted molar refractivity (Wildman–Crippen MR) is 164 cm³/mol. The van der Waals surface area contributed by atoms with Gasteiger partial charge in [0.05, 0.1) is 17.6 Å². The van der Waals surface area contributed by atoms with E-state index < -0.39 is 11.9 Å². The van der Waals surface area contributed by atoms with E-state index >= 15 is 0 Å². The van der Waals surface area contributed by atoms with Gasteiger partial charge in [0, 0.05) is 43.8 Å². The van der Waals surface area contributed by atoms with Gasteiger partial charge >= 0.3 is 0 Å². The fraction of sp³-hybridized carbons (Fsp3) is 0.161. The van der Waals surface area contributed by atoms with Crippen molar-refractivity contribution in [1.29, 1.82) is 0 Å². The number of pyridine rings is 1. The summed E-state index contributed by atoms with van der Waals surface area (Å²) in [5.74, 6) is 0.179. The van der Waals surface area contributed by atoms with Gasteiger partial charge in [-0.25, -0.2) is 0 Å². The minimum Gasteiger partial charge on any atom is -0.381 e. The van der Waals surface area contributed by atoms with Gasteiger partial charge in [0.15, 0.2) is 5.82 Å². The SMILES string of the molecule is C=CCNc1c(C(=O)NC(C)c2cc3cccc(/C=C/c4cnn(C)c4)c3c(=O)n2-c2ccccc2)c(N)nn1C. The highest BCUT2D eigenvalue weighted by molar-refractivity contribution is 6.03. The summed E-state index contributed by atoms with van der Waals surface area (Å²) in [7, 11) is 3.56. The van der Waals surface area contributed by atoms with E-state index in [9.17, 15) is 9.59 Å². The second-order valence-corrected chi connectivity index (χ2v) is 9.73. The van der Waals surface area contributed by atoms with E-state index in [0.717, 1.165) is 16.5 Å². The molecule has 5 aromatic rings. The van der Waals surface area contributed by atoms with Crippen LogP contribution in [0.1, 0.15) is 40.1 Å². The summed E-state index contributed by atoms with van der Waals surface area (Å²) in [5.41, 5.74) is 9.18. The molecule has 1 unspecified atom stereocenters. The van der Waals surface area contributed by atoms with Crippen molar-refractivity contribution < 1.29 is 4.79 Å². The number of aromatic nitrogens is 5. The lowest BCUT2D eigenvalue weighted by Crippen LogP contribution is -2.32. The number of nitrogens with one attached hydrogen (secondary N) is 2. The van der Waals surface area contributed by atoms with Crippen molar-refractivity contribution in [2.75, 3.05) is 17.6 Å². The van der Waals surface area contributed by atoms with Gasteiger partial charge < -0.3 is 16.4 Å². The largest absolute Gasteiger partial charge is 0.381 e. The minimum absolute atomic E-state index is 0.104. The molecule has 5 rings (SSSR count). The van der Waals surface area contributed by atoms with Crippen LogP contribution < -0.4 is 21.9 Å². The van der Waals surface area contributed by atoms with E-state index in [0.29, 0.717) is 29.1 Å². The number of aryl methyl sites for hydroxylation is 2. The number of fused-ring (bicyclic) bond motifs is 1. The van der Waals surface area contributed by atoms with Gasteiger partial charge in [-0.3, -0.25) is 23.5 Å². The summed E-state index contributed by atoms with van der Waals surface area (Å²) in [6, 6.07) is 16.5. The number of hydrogen-bond acceptors (Lipinski definition) is 6. The molecule has 0 aliphatic carbocycles. The first kappa shape index (κ1) is 27.2. The molecular formula is C31H32N8O2. The molecule has 208 valence electrons. The lowest BCUT2D eigenvalue weighted by molar-refractivity contribution is 0.0940. The molecule has 0 radical (unpaired) electrons. The highest BCUT2D eigenvalue weighted by Crippen LogP contribution is 2.26. The Morgan fingerprint density at radius 1 is 1.12 bits per heavy atom. The number of amides is 1. The zero-order chi connectivity index (χ0) is 29.1. The molecule has 3 heterocycles. The fourth-order valence-corrected chi connectivity index (χ4v) is 4.91. The minimum atomic E-state index is -0.554. The Bertz CT molecular complexity index is 1830. The molecule has 0 saturated heterocycles. The third kappa shape index (κ3) is 5.40. The lowest BCUT2D eigenvalue weighted by Gasteiger charge is -2.21. The number of para-hydroxylation sites is 1. The molecule has 2 aromatic carbocycles. The van der Waals surface area contributed by atoms with E-state index in [2.05, 4.69) is 27.4 Å². The average Bonchev–Trinajstić information content (AvgIpc) is 3.51. The molecule has 10 nitrogen and oxygen atoms in total. The van der Waals surface area contributed by atoms with Gasteiger partial charge in [0.1, 0.15) is 11.4 Å². The second-order valence-electron chi connectivity index (χ2n) is 9.73. The molecule has 1 atom stereocenters. The summed E-state index contributed by atoms with van der Waals surface area (Å²) < 4.78 is 4.90. The monoisotopic (exact) mass is 548 g/mol. The second kappa shape index (κ2) is 11.4. The summed E-state index contributed by atoms with van der Waals surface area (Å²) >= 11 is 0. The van der Waals surface area contributed by atoms with E-state index in [-0.39, 0.29) is 16.9 Å². The van der Waals surface area contributed by atoms with Crippen LogP contribution in [0.5, 0.6) is 0 Å². The topological polar surface area (TPSA) is 125 Å². The van der Waals surface area contributed by atoms with Crippen LogP contribution in [0.2, 0.25) is 0 Å². The van der Waals surface area contributed by atoms with Crippen LogP contribution in [-0.2, 0) is 14.1 Å². The summed E-state index contributed by atoms with van der Waals surface area (Å²) in [5, 5.41) is 15.9. The van der Waals surface area contributed by atoms with E-state index in [1.54, 1.807) is 28.6 Å². The maximum atomic E-state index is 14.2. The molecule has 10 heteroatoms. The van der Waals surface area contributed by atoms with E-state index in [4.69, 9.17) is 5.73 Å². The van der Waals surface area contributed by atoms with Crippen LogP contribution in [-0.4, -0.2) is 36.6 Å². The van der Waals surface area contributed by atoms with E-state index in [1.807, 2.05) is 86.9 Å². The van der Waals surface area contributed by atoms with Crippen LogP contribution in [0.4, 0.5) is 11.6 Å². The molecule has 0 saturated carbocycles. The molecule has 41 heavy (non-hydrogen) atoms. The van der Waals surface area contributed by atoms with Crippen molar-refractivity contribution in [3.63, 3.8) is 0 Å². The molecule has 0 bridgehead atoms. The third-order valence-electron chi connectivity index (χ3n) is 6.81. The molecule has 0 fully saturated rings. The molecule has 0 spiro atoms. The first-order valence-corrected chi connectivity index (χ1v) is 13.2. The number of anilines is 2. The smallest absolute Gasteiger partial charge is 0.263 e. The van der Waals surface area contributed by atoms with Crippen molar-refractivity contribution >= 4 is 40.5 Å². The summed E-state index contributed by atoms with van der Waals surface area (Å²) in [6.07, 6.45) is 9.20. The lowest BCUT2D eigenvalue weighted by atomic mass is 10.0. The third-order valence-corrected chi connectivity index (χ3v) is 6.81. The maximum absolute atomic E-state index is 14.2. The number of benzene rings is 2. The van der Waals surface area contributed by atoms with Crippen molar-refractivity contribution in [1.82, 2.24) is 29.4 Å². The Kier molecular flexibility index (Phi) is 7.55. The number of nitrogens with zero attached hydrogens (tertiary/aromatic N) is 5. The molecular weight excluding hydrogens is 516 g/mol. The predicted octanol–water partition coefficient (Wildman–Crippen LogP) is 4.30. The van der Waals surface area contributed by atoms with Gasteiger partial charge in [-0.2, -0.15) is 10.2 Å². The van der Waals surface area contributed by atoms with Crippen molar-refractivity contribution in [2.45, 2.75) is 13.0 Å². The zero-order valence-corrected chi connectivity index (χ0v) is 23.2. The number of nitrogen functional groups attached to an aromatic ring is 1. The Morgan fingerprint density at radius 2 is 1.90 bits per heavy atom. The number of hydrogen-bond donors (Lipinski definition) is 3. The zero-order valence-electron chi connectivity index (χ0n) is 23.2. The molecule has 0 aliphatic heterocycles. The Labute approximate surface area is 237 Å². The van der Waals surface area contributed by atoms with Crippen LogP contribution in [0.15, 0.2) is 84.4 Å².